The first-order chi connectivity index (χ1) is 6.77. The number of fused-ring (bicyclic) bond motifs is 1. The van der Waals surface area contributed by atoms with E-state index >= 15 is 0 Å². The summed E-state index contributed by atoms with van der Waals surface area (Å²) in [6.07, 6.45) is 2.45. The minimum Gasteiger partial charge on any atom is -0.493 e. The summed E-state index contributed by atoms with van der Waals surface area (Å²) in [4.78, 5) is 0. The van der Waals surface area contributed by atoms with Crippen molar-refractivity contribution in [2.75, 3.05) is 6.61 Å². The molecule has 1 heterocycles. The van der Waals surface area contributed by atoms with Gasteiger partial charge in [-0.15, -0.1) is 0 Å². The zero-order valence-electron chi connectivity index (χ0n) is 8.99. The number of ether oxygens (including phenoxy) is 1. The van der Waals surface area contributed by atoms with Crippen molar-refractivity contribution in [1.82, 2.24) is 0 Å². The molecule has 1 aromatic carbocycles. The third kappa shape index (κ3) is 1.92. The Morgan fingerprint density at radius 1 is 1.36 bits per heavy atom. The number of para-hydroxylation sites is 1. The minimum absolute atomic E-state index is 0.708. The lowest BCUT2D eigenvalue weighted by molar-refractivity contribution is 0.256. The fourth-order valence-corrected chi connectivity index (χ4v) is 2.23. The van der Waals surface area contributed by atoms with E-state index in [0.29, 0.717) is 5.92 Å². The van der Waals surface area contributed by atoms with Crippen LogP contribution in [0.2, 0.25) is 0 Å². The van der Waals surface area contributed by atoms with E-state index in [1.54, 1.807) is 0 Å². The summed E-state index contributed by atoms with van der Waals surface area (Å²) in [5.41, 5.74) is 1.41. The molecule has 14 heavy (non-hydrogen) atoms. The van der Waals surface area contributed by atoms with Crippen LogP contribution in [0.1, 0.15) is 38.2 Å². The van der Waals surface area contributed by atoms with E-state index in [9.17, 15) is 0 Å². The lowest BCUT2D eigenvalue weighted by Gasteiger charge is -2.26. The van der Waals surface area contributed by atoms with Crippen LogP contribution in [0.3, 0.4) is 0 Å². The lowest BCUT2D eigenvalue weighted by Crippen LogP contribution is -2.15. The van der Waals surface area contributed by atoms with Gasteiger partial charge in [0.2, 0.25) is 0 Å². The van der Waals surface area contributed by atoms with E-state index in [1.807, 2.05) is 0 Å². The van der Waals surface area contributed by atoms with Crippen molar-refractivity contribution in [3.8, 4) is 5.75 Å². The first-order valence-corrected chi connectivity index (χ1v) is 5.49. The maximum atomic E-state index is 5.64. The fraction of sp³-hybridized carbons (Fsp3) is 0.538. The van der Waals surface area contributed by atoms with Gasteiger partial charge < -0.3 is 4.74 Å². The zero-order valence-corrected chi connectivity index (χ0v) is 8.99. The maximum Gasteiger partial charge on any atom is 0.122 e. The maximum absolute atomic E-state index is 5.64. The lowest BCUT2D eigenvalue weighted by atomic mass is 9.86. The first kappa shape index (κ1) is 9.57. The van der Waals surface area contributed by atoms with Crippen LogP contribution < -0.4 is 4.74 Å². The van der Waals surface area contributed by atoms with Crippen LogP contribution in [0.5, 0.6) is 5.75 Å². The van der Waals surface area contributed by atoms with Crippen molar-refractivity contribution in [1.29, 1.82) is 0 Å². The molecule has 2 rings (SSSR count). The van der Waals surface area contributed by atoms with Gasteiger partial charge in [0.25, 0.3) is 0 Å². The van der Waals surface area contributed by atoms with Crippen molar-refractivity contribution in [3.63, 3.8) is 0 Å². The molecule has 1 aliphatic heterocycles. The molecule has 0 aromatic heterocycles. The minimum atomic E-state index is 0.708. The molecule has 0 fully saturated rings. The van der Waals surface area contributed by atoms with Gasteiger partial charge in [-0.3, -0.25) is 0 Å². The molecule has 0 N–H and O–H groups in total. The highest BCUT2D eigenvalue weighted by Crippen LogP contribution is 2.36. The average Bonchev–Trinajstić information content (AvgIpc) is 2.18. The summed E-state index contributed by atoms with van der Waals surface area (Å²) < 4.78 is 5.64. The highest BCUT2D eigenvalue weighted by molar-refractivity contribution is 5.37. The van der Waals surface area contributed by atoms with Crippen molar-refractivity contribution in [2.24, 2.45) is 5.92 Å². The summed E-state index contributed by atoms with van der Waals surface area (Å²) in [6.45, 7) is 5.46. The largest absolute Gasteiger partial charge is 0.493 e. The van der Waals surface area contributed by atoms with Gasteiger partial charge >= 0.3 is 0 Å². The zero-order chi connectivity index (χ0) is 9.97. The van der Waals surface area contributed by atoms with E-state index in [4.69, 9.17) is 4.74 Å². The molecule has 0 spiro atoms. The van der Waals surface area contributed by atoms with E-state index in [1.165, 1.54) is 18.4 Å². The van der Waals surface area contributed by atoms with Crippen molar-refractivity contribution < 1.29 is 4.74 Å². The van der Waals surface area contributed by atoms with E-state index in [-0.39, 0.29) is 0 Å². The topological polar surface area (TPSA) is 9.23 Å². The van der Waals surface area contributed by atoms with Gasteiger partial charge in [-0.25, -0.2) is 0 Å². The Morgan fingerprint density at radius 3 is 2.93 bits per heavy atom. The average molecular weight is 190 g/mol. The molecule has 76 valence electrons. The Bertz CT molecular complexity index is 304. The third-order valence-electron chi connectivity index (χ3n) is 2.84. The molecule has 0 amide bonds. The molecule has 0 saturated carbocycles. The number of benzene rings is 1. The highest BCUT2D eigenvalue weighted by atomic mass is 16.5. The molecule has 1 aliphatic rings. The van der Waals surface area contributed by atoms with Crippen LogP contribution in [-0.2, 0) is 0 Å². The number of hydrogen-bond acceptors (Lipinski definition) is 1. The van der Waals surface area contributed by atoms with Crippen LogP contribution in [0.25, 0.3) is 0 Å². The molecule has 1 heteroatoms. The molecule has 1 unspecified atom stereocenters. The Morgan fingerprint density at radius 2 is 2.14 bits per heavy atom. The quantitative estimate of drug-likeness (QED) is 0.692. The van der Waals surface area contributed by atoms with Crippen LogP contribution in [-0.4, -0.2) is 6.61 Å². The van der Waals surface area contributed by atoms with E-state index in [0.717, 1.165) is 18.3 Å². The molecule has 0 aliphatic carbocycles. The fourth-order valence-electron chi connectivity index (χ4n) is 2.23. The second-order valence-corrected chi connectivity index (χ2v) is 4.50. The molecule has 1 nitrogen and oxygen atoms in total. The Balaban J connectivity index is 2.22. The highest BCUT2D eigenvalue weighted by Gasteiger charge is 2.21. The van der Waals surface area contributed by atoms with E-state index in [2.05, 4.69) is 38.1 Å². The normalized spacial score (nSPS) is 20.4. The summed E-state index contributed by atoms with van der Waals surface area (Å²) in [5.74, 6) is 2.58. The molecule has 0 bridgehead atoms. The van der Waals surface area contributed by atoms with Gasteiger partial charge in [0.15, 0.2) is 0 Å². The first-order valence-electron chi connectivity index (χ1n) is 5.49. The molecular weight excluding hydrogens is 172 g/mol. The summed E-state index contributed by atoms with van der Waals surface area (Å²) in [5, 5.41) is 0. The molecular formula is C13H18O. The van der Waals surface area contributed by atoms with E-state index < -0.39 is 0 Å². The molecule has 0 radical (unpaired) electrons. The summed E-state index contributed by atoms with van der Waals surface area (Å²) in [7, 11) is 0. The summed E-state index contributed by atoms with van der Waals surface area (Å²) >= 11 is 0. The van der Waals surface area contributed by atoms with Crippen LogP contribution >= 0.6 is 0 Å². The van der Waals surface area contributed by atoms with Crippen LogP contribution in [0.4, 0.5) is 0 Å². The Hall–Kier alpha value is -0.980. The van der Waals surface area contributed by atoms with Gasteiger partial charge in [-0.1, -0.05) is 32.0 Å². The predicted octanol–water partition coefficient (Wildman–Crippen LogP) is 3.60. The summed E-state index contributed by atoms with van der Waals surface area (Å²) in [6, 6.07) is 8.46. The monoisotopic (exact) mass is 190 g/mol. The van der Waals surface area contributed by atoms with Gasteiger partial charge in [0.05, 0.1) is 6.61 Å². The predicted molar refractivity (Wildman–Crippen MR) is 58.8 cm³/mol. The SMILES string of the molecule is CC(C)CC1CCOc2ccccc21. The van der Waals surface area contributed by atoms with Gasteiger partial charge in [0.1, 0.15) is 5.75 Å². The van der Waals surface area contributed by atoms with Crippen molar-refractivity contribution >= 4 is 0 Å². The second kappa shape index (κ2) is 4.04. The standard InChI is InChI=1S/C13H18O/c1-10(2)9-11-7-8-14-13-6-4-3-5-12(11)13/h3-6,10-11H,7-9H2,1-2H3. The van der Waals surface area contributed by atoms with Crippen LogP contribution in [0, 0.1) is 5.92 Å². The number of hydrogen-bond donors (Lipinski definition) is 0. The van der Waals surface area contributed by atoms with Crippen LogP contribution in [0.15, 0.2) is 24.3 Å². The Kier molecular flexibility index (Phi) is 2.76. The number of rotatable bonds is 2. The second-order valence-electron chi connectivity index (χ2n) is 4.50. The van der Waals surface area contributed by atoms with Gasteiger partial charge in [0, 0.05) is 0 Å². The smallest absolute Gasteiger partial charge is 0.122 e. The molecule has 1 aromatic rings. The molecule has 0 saturated heterocycles. The third-order valence-corrected chi connectivity index (χ3v) is 2.84. The van der Waals surface area contributed by atoms with Gasteiger partial charge in [-0.2, -0.15) is 0 Å². The van der Waals surface area contributed by atoms with Crippen molar-refractivity contribution in [3.05, 3.63) is 29.8 Å². The van der Waals surface area contributed by atoms with Gasteiger partial charge in [-0.05, 0) is 36.3 Å². The Labute approximate surface area is 86.1 Å². The molecule has 1 atom stereocenters. The van der Waals surface area contributed by atoms with Crippen molar-refractivity contribution in [2.45, 2.75) is 32.6 Å².